The zero-order valence-electron chi connectivity index (χ0n) is 13.7. The second-order valence-electron chi connectivity index (χ2n) is 5.10. The molecule has 1 amide bonds. The van der Waals surface area contributed by atoms with Crippen LogP contribution in [0.3, 0.4) is 0 Å². The number of rotatable bonds is 6. The Morgan fingerprint density at radius 1 is 1.08 bits per heavy atom. The molecule has 24 heavy (non-hydrogen) atoms. The van der Waals surface area contributed by atoms with Gasteiger partial charge in [-0.2, -0.15) is 5.10 Å². The van der Waals surface area contributed by atoms with E-state index in [9.17, 15) is 4.79 Å². The van der Waals surface area contributed by atoms with Crippen molar-refractivity contribution < 1.29 is 14.3 Å². The molecule has 2 aromatic heterocycles. The normalized spacial score (nSPS) is 10.6. The fourth-order valence-corrected chi connectivity index (χ4v) is 2.40. The Morgan fingerprint density at radius 3 is 2.67 bits per heavy atom. The summed E-state index contributed by atoms with van der Waals surface area (Å²) in [6.07, 6.45) is 3.51. The van der Waals surface area contributed by atoms with Crippen LogP contribution in [0, 0.1) is 0 Å². The lowest BCUT2D eigenvalue weighted by Crippen LogP contribution is -2.12. The second kappa shape index (κ2) is 7.04. The van der Waals surface area contributed by atoms with Crippen LogP contribution in [0.25, 0.3) is 5.52 Å². The largest absolute Gasteiger partial charge is 0.490 e. The van der Waals surface area contributed by atoms with Gasteiger partial charge in [0.15, 0.2) is 11.5 Å². The molecule has 6 nitrogen and oxygen atoms in total. The predicted octanol–water partition coefficient (Wildman–Crippen LogP) is 3.38. The summed E-state index contributed by atoms with van der Waals surface area (Å²) in [5.74, 6) is 0.998. The Balaban J connectivity index is 1.81. The van der Waals surface area contributed by atoms with Crippen molar-refractivity contribution in [3.8, 4) is 11.5 Å². The Labute approximate surface area is 140 Å². The number of hydrogen-bond donors (Lipinski definition) is 1. The summed E-state index contributed by atoms with van der Waals surface area (Å²) in [7, 11) is 0. The molecule has 3 aromatic rings. The van der Waals surface area contributed by atoms with Crippen LogP contribution >= 0.6 is 0 Å². The van der Waals surface area contributed by atoms with Crippen LogP contribution in [0.2, 0.25) is 0 Å². The Kier molecular flexibility index (Phi) is 4.65. The number of hydrogen-bond acceptors (Lipinski definition) is 4. The number of carbonyl (C=O) groups excluding carboxylic acids is 1. The van der Waals surface area contributed by atoms with Crippen LogP contribution < -0.4 is 14.8 Å². The summed E-state index contributed by atoms with van der Waals surface area (Å²) in [6, 6.07) is 10.7. The Bertz CT molecular complexity index is 858. The van der Waals surface area contributed by atoms with E-state index < -0.39 is 0 Å². The van der Waals surface area contributed by atoms with Gasteiger partial charge in [-0.15, -0.1) is 0 Å². The predicted molar refractivity (Wildman–Crippen MR) is 91.9 cm³/mol. The number of ether oxygens (including phenoxy) is 2. The highest BCUT2D eigenvalue weighted by molar-refractivity contribution is 6.04. The lowest BCUT2D eigenvalue weighted by atomic mass is 10.2. The highest BCUT2D eigenvalue weighted by Gasteiger charge is 2.12. The molecule has 0 aliphatic rings. The van der Waals surface area contributed by atoms with E-state index in [0.29, 0.717) is 36.0 Å². The summed E-state index contributed by atoms with van der Waals surface area (Å²) >= 11 is 0. The summed E-state index contributed by atoms with van der Waals surface area (Å²) in [6.45, 7) is 4.84. The maximum Gasteiger partial charge on any atom is 0.255 e. The third-order valence-corrected chi connectivity index (χ3v) is 3.46. The van der Waals surface area contributed by atoms with Crippen molar-refractivity contribution in [2.45, 2.75) is 13.8 Å². The Hall–Kier alpha value is -3.02. The summed E-state index contributed by atoms with van der Waals surface area (Å²) < 4.78 is 12.8. The SMILES string of the molecule is CCOc1ccc(C(=O)Nc2ccn3nccc3c2)cc1OCC. The molecule has 2 heterocycles. The van der Waals surface area contributed by atoms with Gasteiger partial charge in [-0.1, -0.05) is 0 Å². The van der Waals surface area contributed by atoms with Crippen molar-refractivity contribution in [3.63, 3.8) is 0 Å². The maximum atomic E-state index is 12.5. The second-order valence-corrected chi connectivity index (χ2v) is 5.10. The van der Waals surface area contributed by atoms with Crippen LogP contribution in [-0.4, -0.2) is 28.7 Å². The molecule has 0 atom stereocenters. The van der Waals surface area contributed by atoms with Crippen molar-refractivity contribution >= 4 is 17.1 Å². The molecule has 6 heteroatoms. The van der Waals surface area contributed by atoms with Crippen molar-refractivity contribution in [3.05, 3.63) is 54.4 Å². The summed E-state index contributed by atoms with van der Waals surface area (Å²) in [5, 5.41) is 7.01. The first-order valence-electron chi connectivity index (χ1n) is 7.85. The van der Waals surface area contributed by atoms with E-state index in [4.69, 9.17) is 9.47 Å². The number of nitrogens with zero attached hydrogens (tertiary/aromatic N) is 2. The molecular formula is C18H19N3O3. The third kappa shape index (κ3) is 3.32. The molecular weight excluding hydrogens is 306 g/mol. The van der Waals surface area contributed by atoms with Gasteiger partial charge in [-0.3, -0.25) is 4.79 Å². The highest BCUT2D eigenvalue weighted by Crippen LogP contribution is 2.29. The first-order chi connectivity index (χ1) is 11.7. The number of pyridine rings is 1. The van der Waals surface area contributed by atoms with Gasteiger partial charge in [0.25, 0.3) is 5.91 Å². The van der Waals surface area contributed by atoms with Gasteiger partial charge in [0.2, 0.25) is 0 Å². The van der Waals surface area contributed by atoms with Crippen LogP contribution in [0.5, 0.6) is 11.5 Å². The number of carbonyl (C=O) groups is 1. The topological polar surface area (TPSA) is 64.9 Å². The zero-order valence-corrected chi connectivity index (χ0v) is 13.7. The molecule has 1 N–H and O–H groups in total. The lowest BCUT2D eigenvalue weighted by Gasteiger charge is -2.12. The highest BCUT2D eigenvalue weighted by atomic mass is 16.5. The van der Waals surface area contributed by atoms with E-state index in [0.717, 1.165) is 5.52 Å². The van der Waals surface area contributed by atoms with Gasteiger partial charge >= 0.3 is 0 Å². The van der Waals surface area contributed by atoms with Crippen molar-refractivity contribution in [1.29, 1.82) is 0 Å². The van der Waals surface area contributed by atoms with E-state index >= 15 is 0 Å². The molecule has 0 saturated carbocycles. The van der Waals surface area contributed by atoms with Crippen molar-refractivity contribution in [1.82, 2.24) is 9.61 Å². The first kappa shape index (κ1) is 15.9. The third-order valence-electron chi connectivity index (χ3n) is 3.46. The fourth-order valence-electron chi connectivity index (χ4n) is 2.40. The van der Waals surface area contributed by atoms with Crippen LogP contribution in [0.1, 0.15) is 24.2 Å². The number of anilines is 1. The molecule has 0 saturated heterocycles. The van der Waals surface area contributed by atoms with Gasteiger partial charge in [-0.25, -0.2) is 4.52 Å². The molecule has 3 rings (SSSR count). The molecule has 0 radical (unpaired) electrons. The maximum absolute atomic E-state index is 12.5. The molecule has 0 bridgehead atoms. The minimum absolute atomic E-state index is 0.206. The minimum atomic E-state index is -0.206. The van der Waals surface area contributed by atoms with E-state index in [1.165, 1.54) is 0 Å². The molecule has 124 valence electrons. The number of amides is 1. The number of fused-ring (bicyclic) bond motifs is 1. The number of aromatic nitrogens is 2. The molecule has 0 spiro atoms. The van der Waals surface area contributed by atoms with Crippen LogP contribution in [0.15, 0.2) is 48.8 Å². The molecule has 1 aromatic carbocycles. The molecule has 0 unspecified atom stereocenters. The van der Waals surface area contributed by atoms with Gasteiger partial charge in [0.1, 0.15) is 0 Å². The van der Waals surface area contributed by atoms with Gasteiger partial charge < -0.3 is 14.8 Å². The monoisotopic (exact) mass is 325 g/mol. The van der Waals surface area contributed by atoms with E-state index in [-0.39, 0.29) is 5.91 Å². The summed E-state index contributed by atoms with van der Waals surface area (Å²) in [5.41, 5.74) is 2.13. The van der Waals surface area contributed by atoms with Gasteiger partial charge in [0.05, 0.1) is 18.7 Å². The zero-order chi connectivity index (χ0) is 16.9. The fraction of sp³-hybridized carbons (Fsp3) is 0.222. The minimum Gasteiger partial charge on any atom is -0.490 e. The van der Waals surface area contributed by atoms with Crippen LogP contribution in [-0.2, 0) is 0 Å². The standard InChI is InChI=1S/C18H19N3O3/c1-3-23-16-6-5-13(11-17(16)24-4-2)18(22)20-14-8-10-21-15(12-14)7-9-19-21/h5-12H,3-4H2,1-2H3,(H,20,22). The van der Waals surface area contributed by atoms with Gasteiger partial charge in [-0.05, 0) is 50.2 Å². The number of benzene rings is 1. The van der Waals surface area contributed by atoms with E-state index in [2.05, 4.69) is 10.4 Å². The molecule has 0 aliphatic carbocycles. The first-order valence-corrected chi connectivity index (χ1v) is 7.85. The average Bonchev–Trinajstić information content (AvgIpc) is 3.04. The van der Waals surface area contributed by atoms with E-state index in [1.54, 1.807) is 41.2 Å². The summed E-state index contributed by atoms with van der Waals surface area (Å²) in [4.78, 5) is 12.5. The van der Waals surface area contributed by atoms with Crippen LogP contribution in [0.4, 0.5) is 5.69 Å². The lowest BCUT2D eigenvalue weighted by molar-refractivity contribution is 0.102. The number of nitrogens with one attached hydrogen (secondary N) is 1. The molecule has 0 aliphatic heterocycles. The quantitative estimate of drug-likeness (QED) is 0.754. The van der Waals surface area contributed by atoms with E-state index in [1.807, 2.05) is 26.0 Å². The smallest absolute Gasteiger partial charge is 0.255 e. The Morgan fingerprint density at radius 2 is 1.88 bits per heavy atom. The van der Waals surface area contributed by atoms with Gasteiger partial charge in [0, 0.05) is 23.6 Å². The molecule has 0 fully saturated rings. The average molecular weight is 325 g/mol. The van der Waals surface area contributed by atoms with Crippen molar-refractivity contribution in [2.24, 2.45) is 0 Å². The van der Waals surface area contributed by atoms with Crippen molar-refractivity contribution in [2.75, 3.05) is 18.5 Å².